The van der Waals surface area contributed by atoms with Crippen LogP contribution in [0.1, 0.15) is 51.9 Å². The van der Waals surface area contributed by atoms with Crippen LogP contribution in [-0.2, 0) is 24.4 Å². The molecule has 0 saturated carbocycles. The molecule has 11 heteroatoms. The summed E-state index contributed by atoms with van der Waals surface area (Å²) in [6.07, 6.45) is 3.14. The van der Waals surface area contributed by atoms with Crippen molar-refractivity contribution >= 4 is 39.2 Å². The molecule has 39 heavy (non-hydrogen) atoms. The number of likely N-dealkylation sites (tertiary alicyclic amines) is 1. The zero-order chi connectivity index (χ0) is 26.9. The number of primary amides is 1. The Morgan fingerprint density at radius 2 is 2.00 bits per heavy atom. The van der Waals surface area contributed by atoms with Crippen LogP contribution < -0.4 is 10.5 Å². The summed E-state index contributed by atoms with van der Waals surface area (Å²) in [4.78, 5) is 25.1. The van der Waals surface area contributed by atoms with Gasteiger partial charge in [0.15, 0.2) is 0 Å². The number of ether oxygens (including phenoxy) is 2. The van der Waals surface area contributed by atoms with Crippen LogP contribution in [0.3, 0.4) is 0 Å². The quantitative estimate of drug-likeness (QED) is 0.300. The number of amides is 1. The van der Waals surface area contributed by atoms with Gasteiger partial charge < -0.3 is 19.8 Å². The summed E-state index contributed by atoms with van der Waals surface area (Å²) in [5, 5.41) is 0.358. The van der Waals surface area contributed by atoms with Crippen molar-refractivity contribution in [1.29, 1.82) is 0 Å². The first kappa shape index (κ1) is 26.2. The number of carbonyl (C=O) groups excluding carboxylic acids is 1. The molecule has 1 aromatic carbocycles. The molecule has 1 amide bonds. The van der Waals surface area contributed by atoms with Crippen molar-refractivity contribution in [2.24, 2.45) is 5.73 Å². The van der Waals surface area contributed by atoms with E-state index >= 15 is 0 Å². The van der Waals surface area contributed by atoms with Crippen molar-refractivity contribution < 1.29 is 18.7 Å². The summed E-state index contributed by atoms with van der Waals surface area (Å²) in [5.41, 5.74) is 7.89. The maximum atomic E-state index is 14.1. The summed E-state index contributed by atoms with van der Waals surface area (Å²) in [6, 6.07) is 12.2. The Morgan fingerprint density at radius 1 is 1.18 bits per heavy atom. The third kappa shape index (κ3) is 5.79. The van der Waals surface area contributed by atoms with Crippen molar-refractivity contribution in [2.75, 3.05) is 19.7 Å². The molecule has 6 rings (SSSR count). The van der Waals surface area contributed by atoms with Gasteiger partial charge >= 0.3 is 0 Å². The summed E-state index contributed by atoms with van der Waals surface area (Å²) < 4.78 is 27.8. The normalized spacial score (nSPS) is 18.4. The molecule has 1 atom stereocenters. The van der Waals surface area contributed by atoms with Gasteiger partial charge in [0, 0.05) is 34.9 Å². The highest BCUT2D eigenvalue weighted by Crippen LogP contribution is 2.31. The van der Waals surface area contributed by atoms with Gasteiger partial charge in [0.05, 0.1) is 29.6 Å². The predicted molar refractivity (Wildman–Crippen MR) is 148 cm³/mol. The van der Waals surface area contributed by atoms with Crippen molar-refractivity contribution in [3.05, 3.63) is 75.3 Å². The lowest BCUT2D eigenvalue weighted by atomic mass is 9.93. The molecule has 1 unspecified atom stereocenters. The molecular formula is C28H29ClFN5O3S. The summed E-state index contributed by atoms with van der Waals surface area (Å²) in [7, 11) is 0. The van der Waals surface area contributed by atoms with Crippen molar-refractivity contribution in [3.8, 4) is 5.88 Å². The molecule has 2 aliphatic heterocycles. The van der Waals surface area contributed by atoms with Gasteiger partial charge in [-0.05, 0) is 56.6 Å². The van der Waals surface area contributed by atoms with Gasteiger partial charge in [0.1, 0.15) is 23.1 Å². The van der Waals surface area contributed by atoms with Gasteiger partial charge in [-0.15, -0.1) is 11.3 Å². The smallest absolute Gasteiger partial charge is 0.258 e. The first-order valence-electron chi connectivity index (χ1n) is 13.1. The van der Waals surface area contributed by atoms with E-state index in [4.69, 9.17) is 36.8 Å². The number of carbonyl (C=O) groups is 1. The number of rotatable bonds is 9. The number of halogens is 2. The molecule has 0 spiro atoms. The Bertz CT molecular complexity index is 1500. The second-order valence-electron chi connectivity index (χ2n) is 10.1. The Balaban J connectivity index is 1.09. The molecule has 4 aromatic rings. The van der Waals surface area contributed by atoms with E-state index in [1.165, 1.54) is 17.4 Å². The van der Waals surface area contributed by atoms with Gasteiger partial charge in [-0.3, -0.25) is 9.69 Å². The first-order chi connectivity index (χ1) is 18.9. The van der Waals surface area contributed by atoms with E-state index in [0.717, 1.165) is 73.9 Å². The molecule has 5 heterocycles. The van der Waals surface area contributed by atoms with Crippen LogP contribution in [0.4, 0.5) is 4.39 Å². The highest BCUT2D eigenvalue weighted by atomic mass is 35.5. The Labute approximate surface area is 234 Å². The minimum atomic E-state index is -0.423. The number of nitrogens with two attached hydrogens (primary N) is 1. The molecule has 0 bridgehead atoms. The Morgan fingerprint density at radius 3 is 2.72 bits per heavy atom. The average Bonchev–Trinajstić information content (AvgIpc) is 3.45. The lowest BCUT2D eigenvalue weighted by molar-refractivity contribution is -0.0592. The number of aromatic nitrogens is 3. The van der Waals surface area contributed by atoms with Crippen LogP contribution in [0.5, 0.6) is 5.88 Å². The third-order valence-electron chi connectivity index (χ3n) is 7.46. The van der Waals surface area contributed by atoms with Gasteiger partial charge in [-0.2, -0.15) is 0 Å². The van der Waals surface area contributed by atoms with E-state index in [1.54, 1.807) is 18.2 Å². The second-order valence-corrected chi connectivity index (χ2v) is 11.5. The van der Waals surface area contributed by atoms with Crippen LogP contribution in [-0.4, -0.2) is 51.1 Å². The maximum absolute atomic E-state index is 14.1. The summed E-state index contributed by atoms with van der Waals surface area (Å²) in [5.74, 6) is 0.985. The second kappa shape index (κ2) is 11.2. The van der Waals surface area contributed by atoms with E-state index in [2.05, 4.69) is 9.47 Å². The number of nitrogens with zero attached hydrogens (tertiary/aromatic N) is 4. The zero-order valence-corrected chi connectivity index (χ0v) is 22.9. The fraction of sp³-hybridized carbons (Fsp3) is 0.393. The van der Waals surface area contributed by atoms with Crippen LogP contribution in [0, 0.1) is 5.82 Å². The van der Waals surface area contributed by atoms with Crippen LogP contribution >= 0.6 is 22.9 Å². The number of pyridine rings is 1. The molecular weight excluding hydrogens is 541 g/mol. The van der Waals surface area contributed by atoms with Crippen LogP contribution in [0.25, 0.3) is 10.3 Å². The molecule has 2 aliphatic rings. The maximum Gasteiger partial charge on any atom is 0.258 e. The number of piperidine rings is 1. The SMILES string of the molecule is NC(=O)c1cc2c(nc(CN3CCC(c4cccc(OCc5ccc(Cl)cc5F)n4)CC3)n2CC2CCO2)s1. The van der Waals surface area contributed by atoms with E-state index in [9.17, 15) is 9.18 Å². The van der Waals surface area contributed by atoms with Crippen molar-refractivity contribution in [1.82, 2.24) is 19.4 Å². The fourth-order valence-electron chi connectivity index (χ4n) is 5.16. The predicted octanol–water partition coefficient (Wildman–Crippen LogP) is 5.13. The standard InChI is InChI=1S/C28H29ClFN5O3S/c29-19-5-4-18(21(30)12-19)16-38-26-3-1-2-22(32-26)17-6-9-34(10-7-17)15-25-33-28-23(13-24(39-28)27(31)36)35(25)14-20-8-11-37-20/h1-5,12-13,17,20H,6-11,14-16H2,(H2,31,36). The number of benzene rings is 1. The van der Waals surface area contributed by atoms with E-state index < -0.39 is 5.91 Å². The number of imidazole rings is 1. The first-order valence-corrected chi connectivity index (χ1v) is 14.3. The average molecular weight is 570 g/mol. The van der Waals surface area contributed by atoms with E-state index in [1.807, 2.05) is 18.2 Å². The molecule has 8 nitrogen and oxygen atoms in total. The van der Waals surface area contributed by atoms with Gasteiger partial charge in [0.25, 0.3) is 5.91 Å². The molecule has 3 aromatic heterocycles. The number of fused-ring (bicyclic) bond motifs is 1. The molecule has 0 aliphatic carbocycles. The summed E-state index contributed by atoms with van der Waals surface area (Å²) in [6.45, 7) is 4.18. The lowest BCUT2D eigenvalue weighted by Crippen LogP contribution is -2.35. The third-order valence-corrected chi connectivity index (χ3v) is 8.72. The Hall–Kier alpha value is -3.05. The zero-order valence-electron chi connectivity index (χ0n) is 21.3. The lowest BCUT2D eigenvalue weighted by Gasteiger charge is -2.32. The highest BCUT2D eigenvalue weighted by molar-refractivity contribution is 7.20. The van der Waals surface area contributed by atoms with Gasteiger partial charge in [-0.25, -0.2) is 14.4 Å². The Kier molecular flexibility index (Phi) is 7.53. The monoisotopic (exact) mass is 569 g/mol. The van der Waals surface area contributed by atoms with Gasteiger partial charge in [-0.1, -0.05) is 23.7 Å². The molecule has 0 radical (unpaired) electrons. The number of hydrogen-bond donors (Lipinski definition) is 1. The van der Waals surface area contributed by atoms with E-state index in [-0.39, 0.29) is 18.5 Å². The fourth-order valence-corrected chi connectivity index (χ4v) is 6.22. The van der Waals surface area contributed by atoms with Gasteiger partial charge in [0.2, 0.25) is 5.88 Å². The van der Waals surface area contributed by atoms with Crippen molar-refractivity contribution in [3.63, 3.8) is 0 Å². The number of hydrogen-bond acceptors (Lipinski definition) is 7. The van der Waals surface area contributed by atoms with Crippen LogP contribution in [0.2, 0.25) is 5.02 Å². The summed E-state index contributed by atoms with van der Waals surface area (Å²) >= 11 is 7.19. The van der Waals surface area contributed by atoms with Crippen molar-refractivity contribution in [2.45, 2.75) is 51.0 Å². The molecule has 2 N–H and O–H groups in total. The topological polar surface area (TPSA) is 95.5 Å². The molecule has 2 saturated heterocycles. The largest absolute Gasteiger partial charge is 0.473 e. The van der Waals surface area contributed by atoms with Crippen LogP contribution in [0.15, 0.2) is 42.5 Å². The number of thiophene rings is 1. The molecule has 204 valence electrons. The molecule has 2 fully saturated rings. The minimum Gasteiger partial charge on any atom is -0.473 e. The highest BCUT2D eigenvalue weighted by Gasteiger charge is 2.27. The van der Waals surface area contributed by atoms with E-state index in [0.29, 0.717) is 27.3 Å². The minimum absolute atomic E-state index is 0.0921.